The molecule has 0 amide bonds. The van der Waals surface area contributed by atoms with Gasteiger partial charge < -0.3 is 9.67 Å². The van der Waals surface area contributed by atoms with Gasteiger partial charge in [-0.2, -0.15) is 0 Å². The number of aromatic nitrogens is 1. The largest absolute Gasteiger partial charge is 0.394 e. The van der Waals surface area contributed by atoms with E-state index in [9.17, 15) is 13.5 Å². The highest BCUT2D eigenvalue weighted by Gasteiger charge is 2.21. The average Bonchev–Trinajstić information content (AvgIpc) is 2.85. The van der Waals surface area contributed by atoms with Crippen molar-refractivity contribution in [2.24, 2.45) is 7.05 Å². The Balaban J connectivity index is 2.23. The van der Waals surface area contributed by atoms with Crippen molar-refractivity contribution in [2.45, 2.75) is 10.9 Å². The van der Waals surface area contributed by atoms with Gasteiger partial charge in [-0.15, -0.1) is 0 Å². The number of nitrogens with one attached hydrogen (secondary N) is 1. The number of hydrogen-bond acceptors (Lipinski definition) is 3. The normalized spacial score (nSPS) is 13.4. The van der Waals surface area contributed by atoms with Gasteiger partial charge in [0.1, 0.15) is 0 Å². The van der Waals surface area contributed by atoms with E-state index in [-0.39, 0.29) is 11.5 Å². The molecule has 0 unspecified atom stereocenters. The third kappa shape index (κ3) is 3.23. The molecule has 0 fully saturated rings. The van der Waals surface area contributed by atoms with Crippen LogP contribution in [0.3, 0.4) is 0 Å². The summed E-state index contributed by atoms with van der Waals surface area (Å²) >= 11 is 0. The van der Waals surface area contributed by atoms with Gasteiger partial charge in [0.05, 0.1) is 17.5 Å². The number of rotatable bonds is 5. The molecule has 2 N–H and O–H groups in total. The van der Waals surface area contributed by atoms with Crippen LogP contribution in [0.25, 0.3) is 0 Å². The number of benzene rings is 1. The Kier molecular flexibility index (Phi) is 4.04. The van der Waals surface area contributed by atoms with Crippen LogP contribution in [0.4, 0.5) is 0 Å². The molecule has 0 spiro atoms. The van der Waals surface area contributed by atoms with Crippen LogP contribution in [0.1, 0.15) is 11.6 Å². The molecule has 1 atom stereocenters. The number of aryl methyl sites for hydroxylation is 1. The lowest BCUT2D eigenvalue weighted by atomic mass is 10.1. The fourth-order valence-corrected chi connectivity index (χ4v) is 3.05. The highest BCUT2D eigenvalue weighted by molar-refractivity contribution is 7.89. The monoisotopic (exact) mass is 280 g/mol. The first-order valence-corrected chi connectivity index (χ1v) is 7.31. The summed E-state index contributed by atoms with van der Waals surface area (Å²) in [7, 11) is -1.88. The van der Waals surface area contributed by atoms with Crippen LogP contribution in [0.15, 0.2) is 53.7 Å². The SMILES string of the molecule is Cn1ccc(S(=O)(=O)N[C@H](CO)c2ccccc2)c1. The van der Waals surface area contributed by atoms with E-state index in [0.29, 0.717) is 0 Å². The zero-order chi connectivity index (χ0) is 13.9. The van der Waals surface area contributed by atoms with Crippen LogP contribution in [0, 0.1) is 0 Å². The molecule has 0 aliphatic heterocycles. The second kappa shape index (κ2) is 5.56. The molecule has 0 aliphatic rings. The van der Waals surface area contributed by atoms with E-state index in [0.717, 1.165) is 5.56 Å². The van der Waals surface area contributed by atoms with E-state index in [1.807, 2.05) is 6.07 Å². The van der Waals surface area contributed by atoms with Gasteiger partial charge in [-0.3, -0.25) is 0 Å². The third-order valence-corrected chi connectivity index (χ3v) is 4.25. The Morgan fingerprint density at radius 3 is 2.47 bits per heavy atom. The van der Waals surface area contributed by atoms with Crippen molar-refractivity contribution < 1.29 is 13.5 Å². The van der Waals surface area contributed by atoms with Crippen LogP contribution in [-0.4, -0.2) is 24.7 Å². The van der Waals surface area contributed by atoms with Crippen LogP contribution >= 0.6 is 0 Å². The fourth-order valence-electron chi connectivity index (χ4n) is 1.79. The van der Waals surface area contributed by atoms with Gasteiger partial charge >= 0.3 is 0 Å². The minimum atomic E-state index is -3.63. The topological polar surface area (TPSA) is 71.3 Å². The molecule has 5 nitrogen and oxygen atoms in total. The number of nitrogens with zero attached hydrogens (tertiary/aromatic N) is 1. The first-order valence-electron chi connectivity index (χ1n) is 5.83. The van der Waals surface area contributed by atoms with Crippen LogP contribution in [0.5, 0.6) is 0 Å². The summed E-state index contributed by atoms with van der Waals surface area (Å²) in [4.78, 5) is 0.185. The molecule has 19 heavy (non-hydrogen) atoms. The van der Waals surface area contributed by atoms with Gasteiger partial charge in [-0.25, -0.2) is 13.1 Å². The first-order chi connectivity index (χ1) is 9.03. The van der Waals surface area contributed by atoms with E-state index in [4.69, 9.17) is 0 Å². The van der Waals surface area contributed by atoms with Gasteiger partial charge in [0, 0.05) is 19.4 Å². The maximum atomic E-state index is 12.2. The Morgan fingerprint density at radius 1 is 1.26 bits per heavy atom. The van der Waals surface area contributed by atoms with Crippen molar-refractivity contribution in [2.75, 3.05) is 6.61 Å². The second-order valence-electron chi connectivity index (χ2n) is 4.28. The van der Waals surface area contributed by atoms with Crippen molar-refractivity contribution in [3.63, 3.8) is 0 Å². The Morgan fingerprint density at radius 2 is 1.95 bits per heavy atom. The molecular formula is C13H16N2O3S. The molecule has 1 heterocycles. The Labute approximate surface area is 112 Å². The van der Waals surface area contributed by atoms with Gasteiger partial charge in [-0.05, 0) is 11.6 Å². The molecule has 102 valence electrons. The summed E-state index contributed by atoms with van der Waals surface area (Å²) in [5.74, 6) is 0. The Hall–Kier alpha value is -1.63. The molecule has 1 aromatic heterocycles. The summed E-state index contributed by atoms with van der Waals surface area (Å²) in [5.41, 5.74) is 0.726. The fraction of sp³-hybridized carbons (Fsp3) is 0.231. The van der Waals surface area contributed by atoms with E-state index in [1.165, 1.54) is 12.3 Å². The minimum absolute atomic E-state index is 0.185. The van der Waals surface area contributed by atoms with Gasteiger partial charge in [0.25, 0.3) is 0 Å². The number of sulfonamides is 1. The predicted molar refractivity (Wildman–Crippen MR) is 72.0 cm³/mol. The molecule has 0 aliphatic carbocycles. The van der Waals surface area contributed by atoms with E-state index in [2.05, 4.69) is 4.72 Å². The lowest BCUT2D eigenvalue weighted by Crippen LogP contribution is -2.30. The highest BCUT2D eigenvalue weighted by atomic mass is 32.2. The predicted octanol–water partition coefficient (Wildman–Crippen LogP) is 1.04. The standard InChI is InChI=1S/C13H16N2O3S/c1-15-8-7-12(9-15)19(17,18)14-13(10-16)11-5-3-2-4-6-11/h2-9,13-14,16H,10H2,1H3/t13-/m1/s1. The number of hydrogen-bond donors (Lipinski definition) is 2. The zero-order valence-electron chi connectivity index (χ0n) is 10.5. The molecule has 6 heteroatoms. The van der Waals surface area contributed by atoms with Crippen molar-refractivity contribution in [1.82, 2.24) is 9.29 Å². The minimum Gasteiger partial charge on any atom is -0.394 e. The van der Waals surface area contributed by atoms with Gasteiger partial charge in [0.15, 0.2) is 0 Å². The van der Waals surface area contributed by atoms with Crippen LogP contribution in [0.2, 0.25) is 0 Å². The van der Waals surface area contributed by atoms with Crippen molar-refractivity contribution in [1.29, 1.82) is 0 Å². The highest BCUT2D eigenvalue weighted by Crippen LogP contribution is 2.16. The maximum absolute atomic E-state index is 12.2. The third-order valence-electron chi connectivity index (χ3n) is 2.80. The molecular weight excluding hydrogens is 264 g/mol. The summed E-state index contributed by atoms with van der Waals surface area (Å²) in [6, 6.07) is 9.85. The summed E-state index contributed by atoms with van der Waals surface area (Å²) in [6.07, 6.45) is 3.17. The molecule has 0 radical (unpaired) electrons. The Bertz CT molecular complexity index is 635. The number of aliphatic hydroxyl groups is 1. The molecule has 2 aromatic rings. The summed E-state index contributed by atoms with van der Waals surface area (Å²) < 4.78 is 28.5. The molecule has 0 bridgehead atoms. The molecule has 2 rings (SSSR count). The van der Waals surface area contributed by atoms with Gasteiger partial charge in [-0.1, -0.05) is 30.3 Å². The average molecular weight is 280 g/mol. The van der Waals surface area contributed by atoms with Crippen LogP contribution < -0.4 is 4.72 Å². The van der Waals surface area contributed by atoms with Crippen molar-refractivity contribution in [3.8, 4) is 0 Å². The first kappa shape index (κ1) is 13.8. The zero-order valence-corrected chi connectivity index (χ0v) is 11.3. The maximum Gasteiger partial charge on any atom is 0.242 e. The molecule has 1 aromatic carbocycles. The van der Waals surface area contributed by atoms with E-state index < -0.39 is 16.1 Å². The summed E-state index contributed by atoms with van der Waals surface area (Å²) in [5, 5.41) is 9.36. The van der Waals surface area contributed by atoms with Crippen LogP contribution in [-0.2, 0) is 17.1 Å². The smallest absolute Gasteiger partial charge is 0.242 e. The van der Waals surface area contributed by atoms with E-state index in [1.54, 1.807) is 42.1 Å². The number of aliphatic hydroxyl groups excluding tert-OH is 1. The van der Waals surface area contributed by atoms with Gasteiger partial charge in [0.2, 0.25) is 10.0 Å². The van der Waals surface area contributed by atoms with Crippen molar-refractivity contribution in [3.05, 3.63) is 54.4 Å². The quantitative estimate of drug-likeness (QED) is 0.859. The molecule has 0 saturated carbocycles. The molecule has 0 saturated heterocycles. The van der Waals surface area contributed by atoms with Crippen molar-refractivity contribution >= 4 is 10.0 Å². The van der Waals surface area contributed by atoms with E-state index >= 15 is 0 Å². The second-order valence-corrected chi connectivity index (χ2v) is 5.99. The summed E-state index contributed by atoms with van der Waals surface area (Å²) in [6.45, 7) is -0.296. The lowest BCUT2D eigenvalue weighted by Gasteiger charge is -2.16. The lowest BCUT2D eigenvalue weighted by molar-refractivity contribution is 0.259.